The number of carbonyl (C=O) groups is 1. The number of benzene rings is 1. The summed E-state index contributed by atoms with van der Waals surface area (Å²) in [4.78, 5) is 18.5. The number of ether oxygens (including phenoxy) is 1. The Labute approximate surface area is 153 Å². The number of thiazole rings is 1. The molecule has 1 N–H and O–H groups in total. The quantitative estimate of drug-likeness (QED) is 0.903. The maximum Gasteiger partial charge on any atom is 0.317 e. The maximum absolute atomic E-state index is 12.3. The monoisotopic (exact) mass is 359 g/mol. The minimum absolute atomic E-state index is 0.0154. The van der Waals surface area contributed by atoms with E-state index < -0.39 is 0 Å². The average molecular weight is 359 g/mol. The molecule has 2 aromatic rings. The summed E-state index contributed by atoms with van der Waals surface area (Å²) in [5, 5.41) is 5.90. The lowest BCUT2D eigenvalue weighted by atomic mass is 10.1. The van der Waals surface area contributed by atoms with Crippen molar-refractivity contribution in [2.75, 3.05) is 13.1 Å². The van der Waals surface area contributed by atoms with Gasteiger partial charge in [-0.05, 0) is 31.9 Å². The summed E-state index contributed by atoms with van der Waals surface area (Å²) in [7, 11) is 0. The van der Waals surface area contributed by atoms with E-state index in [2.05, 4.69) is 42.3 Å². The van der Waals surface area contributed by atoms with Gasteiger partial charge in [0.15, 0.2) is 0 Å². The molecule has 6 heteroatoms. The van der Waals surface area contributed by atoms with E-state index in [0.717, 1.165) is 42.4 Å². The topological polar surface area (TPSA) is 54.5 Å². The molecule has 2 amide bonds. The third-order valence-corrected chi connectivity index (χ3v) is 5.45. The van der Waals surface area contributed by atoms with E-state index in [0.29, 0.717) is 6.54 Å². The van der Waals surface area contributed by atoms with Crippen LogP contribution in [0, 0.1) is 20.8 Å². The molecule has 1 aromatic carbocycles. The van der Waals surface area contributed by atoms with Gasteiger partial charge in [-0.3, -0.25) is 0 Å². The Bertz CT molecular complexity index is 716. The van der Waals surface area contributed by atoms with Crippen molar-refractivity contribution in [3.8, 4) is 5.75 Å². The van der Waals surface area contributed by atoms with Gasteiger partial charge in [0, 0.05) is 37.0 Å². The van der Waals surface area contributed by atoms with Gasteiger partial charge in [0.05, 0.1) is 6.54 Å². The highest BCUT2D eigenvalue weighted by atomic mass is 32.1. The minimum atomic E-state index is -0.0154. The molecule has 0 radical (unpaired) electrons. The first-order valence-corrected chi connectivity index (χ1v) is 9.57. The molecule has 5 nitrogen and oxygen atoms in total. The van der Waals surface area contributed by atoms with Gasteiger partial charge in [0.2, 0.25) is 0 Å². The Hall–Kier alpha value is -2.08. The first-order valence-electron chi connectivity index (χ1n) is 8.69. The fourth-order valence-corrected chi connectivity index (χ4v) is 3.79. The SMILES string of the molecule is Cc1csc(CNC(=O)N2CCC(Oc3c(C)cccc3C)CC2)n1. The fourth-order valence-electron chi connectivity index (χ4n) is 3.08. The molecule has 0 spiro atoms. The summed E-state index contributed by atoms with van der Waals surface area (Å²) in [6, 6.07) is 6.18. The van der Waals surface area contributed by atoms with Gasteiger partial charge >= 0.3 is 6.03 Å². The van der Waals surface area contributed by atoms with E-state index in [-0.39, 0.29) is 12.1 Å². The second kappa shape index (κ2) is 7.87. The van der Waals surface area contributed by atoms with Crippen LogP contribution in [0.2, 0.25) is 0 Å². The Balaban J connectivity index is 1.47. The summed E-state index contributed by atoms with van der Waals surface area (Å²) < 4.78 is 6.21. The van der Waals surface area contributed by atoms with Crippen molar-refractivity contribution in [2.45, 2.75) is 46.3 Å². The number of nitrogens with one attached hydrogen (secondary N) is 1. The molecule has 134 valence electrons. The normalized spacial score (nSPS) is 15.2. The minimum Gasteiger partial charge on any atom is -0.490 e. The van der Waals surface area contributed by atoms with E-state index in [1.807, 2.05) is 17.2 Å². The highest BCUT2D eigenvalue weighted by Crippen LogP contribution is 2.26. The maximum atomic E-state index is 12.3. The molecule has 1 aliphatic heterocycles. The van der Waals surface area contributed by atoms with Crippen molar-refractivity contribution < 1.29 is 9.53 Å². The fraction of sp³-hybridized carbons (Fsp3) is 0.474. The lowest BCUT2D eigenvalue weighted by Gasteiger charge is -2.32. The number of rotatable bonds is 4. The number of hydrogen-bond donors (Lipinski definition) is 1. The van der Waals surface area contributed by atoms with Crippen LogP contribution in [0.5, 0.6) is 5.75 Å². The predicted molar refractivity (Wildman–Crippen MR) is 100 cm³/mol. The van der Waals surface area contributed by atoms with Crippen LogP contribution >= 0.6 is 11.3 Å². The third-order valence-electron chi connectivity index (χ3n) is 4.48. The van der Waals surface area contributed by atoms with Crippen LogP contribution in [-0.2, 0) is 6.54 Å². The van der Waals surface area contributed by atoms with Gasteiger partial charge < -0.3 is 15.0 Å². The van der Waals surface area contributed by atoms with Crippen LogP contribution in [0.3, 0.4) is 0 Å². The number of nitrogens with zero attached hydrogens (tertiary/aromatic N) is 2. The molecule has 1 fully saturated rings. The second-order valence-corrected chi connectivity index (χ2v) is 7.51. The van der Waals surface area contributed by atoms with Crippen LogP contribution in [-0.4, -0.2) is 35.1 Å². The average Bonchev–Trinajstić information content (AvgIpc) is 3.02. The van der Waals surface area contributed by atoms with E-state index in [9.17, 15) is 4.79 Å². The van der Waals surface area contributed by atoms with E-state index >= 15 is 0 Å². The smallest absolute Gasteiger partial charge is 0.317 e. The zero-order valence-electron chi connectivity index (χ0n) is 15.0. The number of hydrogen-bond acceptors (Lipinski definition) is 4. The van der Waals surface area contributed by atoms with Gasteiger partial charge in [0.1, 0.15) is 16.9 Å². The van der Waals surface area contributed by atoms with Crippen LogP contribution in [0.4, 0.5) is 4.79 Å². The van der Waals surface area contributed by atoms with E-state index in [4.69, 9.17) is 4.74 Å². The van der Waals surface area contributed by atoms with Crippen LogP contribution < -0.4 is 10.1 Å². The number of urea groups is 1. The predicted octanol–water partition coefficient (Wildman–Crippen LogP) is 3.82. The van der Waals surface area contributed by atoms with Crippen molar-refractivity contribution in [1.29, 1.82) is 0 Å². The zero-order valence-corrected chi connectivity index (χ0v) is 15.9. The van der Waals surface area contributed by atoms with E-state index in [1.54, 1.807) is 11.3 Å². The molecule has 1 saturated heterocycles. The molecule has 1 aromatic heterocycles. The number of carbonyl (C=O) groups excluding carboxylic acids is 1. The van der Waals surface area contributed by atoms with Crippen molar-refractivity contribution in [3.63, 3.8) is 0 Å². The van der Waals surface area contributed by atoms with Crippen molar-refractivity contribution >= 4 is 17.4 Å². The number of para-hydroxylation sites is 1. The molecule has 0 atom stereocenters. The summed E-state index contributed by atoms with van der Waals surface area (Å²) in [5.74, 6) is 0.990. The first kappa shape index (κ1) is 17.7. The highest BCUT2D eigenvalue weighted by molar-refractivity contribution is 7.09. The Kier molecular flexibility index (Phi) is 5.58. The first-order chi connectivity index (χ1) is 12.0. The molecular weight excluding hydrogens is 334 g/mol. The van der Waals surface area contributed by atoms with Gasteiger partial charge in [-0.25, -0.2) is 9.78 Å². The van der Waals surface area contributed by atoms with Crippen molar-refractivity contribution in [1.82, 2.24) is 15.2 Å². The number of piperidine rings is 1. The number of likely N-dealkylation sites (tertiary alicyclic amines) is 1. The van der Waals surface area contributed by atoms with Gasteiger partial charge in [-0.15, -0.1) is 11.3 Å². The lowest BCUT2D eigenvalue weighted by molar-refractivity contribution is 0.110. The van der Waals surface area contributed by atoms with Gasteiger partial charge in [-0.2, -0.15) is 0 Å². The summed E-state index contributed by atoms with van der Waals surface area (Å²) in [5.41, 5.74) is 3.33. The highest BCUT2D eigenvalue weighted by Gasteiger charge is 2.24. The summed E-state index contributed by atoms with van der Waals surface area (Å²) >= 11 is 1.58. The van der Waals surface area contributed by atoms with Crippen molar-refractivity contribution in [2.24, 2.45) is 0 Å². The molecule has 1 aliphatic rings. The molecule has 0 aliphatic carbocycles. The zero-order chi connectivity index (χ0) is 17.8. The largest absolute Gasteiger partial charge is 0.490 e. The van der Waals surface area contributed by atoms with Crippen LogP contribution in [0.25, 0.3) is 0 Å². The van der Waals surface area contributed by atoms with Gasteiger partial charge in [-0.1, -0.05) is 18.2 Å². The molecule has 0 bridgehead atoms. The molecule has 25 heavy (non-hydrogen) atoms. The Morgan fingerprint density at radius 1 is 1.28 bits per heavy atom. The number of aromatic nitrogens is 1. The second-order valence-electron chi connectivity index (χ2n) is 6.57. The molecular formula is C19H25N3O2S. The number of amides is 2. The lowest BCUT2D eigenvalue weighted by Crippen LogP contribution is -2.46. The van der Waals surface area contributed by atoms with Crippen molar-refractivity contribution in [3.05, 3.63) is 45.4 Å². The standard InChI is InChI=1S/C19H25N3O2S/c1-13-5-4-6-14(2)18(13)24-16-7-9-22(10-8-16)19(23)20-11-17-21-15(3)12-25-17/h4-6,12,16H,7-11H2,1-3H3,(H,20,23). The van der Waals surface area contributed by atoms with E-state index in [1.165, 1.54) is 11.1 Å². The Morgan fingerprint density at radius 3 is 2.56 bits per heavy atom. The Morgan fingerprint density at radius 2 is 1.96 bits per heavy atom. The third kappa shape index (κ3) is 4.51. The summed E-state index contributed by atoms with van der Waals surface area (Å²) in [6.07, 6.45) is 1.89. The molecule has 0 unspecified atom stereocenters. The number of aryl methyl sites for hydroxylation is 3. The van der Waals surface area contributed by atoms with Crippen LogP contribution in [0.15, 0.2) is 23.6 Å². The molecule has 3 rings (SSSR count). The molecule has 0 saturated carbocycles. The molecule has 2 heterocycles. The van der Waals surface area contributed by atoms with Gasteiger partial charge in [0.25, 0.3) is 0 Å². The van der Waals surface area contributed by atoms with Crippen LogP contribution in [0.1, 0.15) is 34.7 Å². The summed E-state index contributed by atoms with van der Waals surface area (Å²) in [6.45, 7) is 8.05.